The molecule has 11 heteroatoms. The zero-order valence-electron chi connectivity index (χ0n) is 26.5. The predicted molar refractivity (Wildman–Crippen MR) is 164 cm³/mol. The van der Waals surface area contributed by atoms with Gasteiger partial charge in [-0.3, -0.25) is 14.1 Å². The fraction of sp³-hybridized carbons (Fsp3) is 0.935. The van der Waals surface area contributed by atoms with Crippen LogP contribution in [0.3, 0.4) is 0 Å². The molecule has 1 unspecified atom stereocenters. The Labute approximate surface area is 254 Å². The standard InChI is InChI=1S/C31H60NO9P/c1-4-7-9-11-13-15-16-18-20-22-25(33)24-27(34)32-28-30(39-23-21-19-17-14-12-10-8-5-2)29(35)26(6-3)40-31(28)41-42(36,37)38/h26,28-31,35H,4-24H2,1-3H3,(H,32,34)(H2,36,37,38)/t26?,28-,29-,30-,31-/m1/s1. The molecule has 1 rings (SSSR count). The number of phosphoric acid groups is 1. The zero-order valence-corrected chi connectivity index (χ0v) is 27.4. The maximum absolute atomic E-state index is 12.8. The summed E-state index contributed by atoms with van der Waals surface area (Å²) in [6.07, 6.45) is 14.7. The molecule has 1 aliphatic rings. The van der Waals surface area contributed by atoms with Gasteiger partial charge >= 0.3 is 7.82 Å². The van der Waals surface area contributed by atoms with E-state index >= 15 is 0 Å². The monoisotopic (exact) mass is 621 g/mol. The average molecular weight is 622 g/mol. The van der Waals surface area contributed by atoms with Gasteiger partial charge < -0.3 is 29.7 Å². The van der Waals surface area contributed by atoms with E-state index in [4.69, 9.17) is 14.0 Å². The van der Waals surface area contributed by atoms with Gasteiger partial charge in [0.1, 0.15) is 24.0 Å². The molecular weight excluding hydrogens is 561 g/mol. The number of phosphoric ester groups is 1. The maximum Gasteiger partial charge on any atom is 0.472 e. The number of ether oxygens (including phenoxy) is 2. The highest BCUT2D eigenvalue weighted by Crippen LogP contribution is 2.41. The van der Waals surface area contributed by atoms with Crippen LogP contribution >= 0.6 is 7.82 Å². The van der Waals surface area contributed by atoms with Crippen molar-refractivity contribution in [2.45, 2.75) is 180 Å². The first-order valence-electron chi connectivity index (χ1n) is 16.6. The highest BCUT2D eigenvalue weighted by atomic mass is 31.2. The van der Waals surface area contributed by atoms with Crippen molar-refractivity contribution in [1.29, 1.82) is 0 Å². The van der Waals surface area contributed by atoms with Gasteiger partial charge in [0.05, 0.1) is 12.5 Å². The SMILES string of the molecule is CCCCCCCCCCCC(=O)CC(=O)N[C@H]1[C@@H](OP(=O)(O)O)OC(CC)[C@@H](O)[C@@H]1OCCCCCCCCCC. The third-order valence-corrected chi connectivity index (χ3v) is 8.35. The molecule has 4 N–H and O–H groups in total. The van der Waals surface area contributed by atoms with E-state index in [2.05, 4.69) is 19.2 Å². The van der Waals surface area contributed by atoms with Crippen LogP contribution in [0.2, 0.25) is 0 Å². The largest absolute Gasteiger partial charge is 0.472 e. The van der Waals surface area contributed by atoms with Gasteiger partial charge in [-0.2, -0.15) is 0 Å². The number of hydrogen-bond acceptors (Lipinski definition) is 7. The van der Waals surface area contributed by atoms with E-state index in [9.17, 15) is 29.0 Å². The first kappa shape index (κ1) is 39.2. The summed E-state index contributed by atoms with van der Waals surface area (Å²) in [6.45, 7) is 6.46. The molecule has 1 aliphatic heterocycles. The van der Waals surface area contributed by atoms with Gasteiger partial charge in [0.2, 0.25) is 5.91 Å². The molecule has 10 nitrogen and oxygen atoms in total. The summed E-state index contributed by atoms with van der Waals surface area (Å²) in [5.74, 6) is -0.824. The van der Waals surface area contributed by atoms with Crippen LogP contribution in [0.1, 0.15) is 149 Å². The van der Waals surface area contributed by atoms with Crippen LogP contribution in [-0.2, 0) is 28.2 Å². The lowest BCUT2D eigenvalue weighted by Crippen LogP contribution is -2.64. The summed E-state index contributed by atoms with van der Waals surface area (Å²) in [7, 11) is -4.99. The van der Waals surface area contributed by atoms with Crippen LogP contribution in [0.25, 0.3) is 0 Å². The maximum atomic E-state index is 12.8. The van der Waals surface area contributed by atoms with E-state index < -0.39 is 44.4 Å². The molecule has 1 saturated heterocycles. The summed E-state index contributed by atoms with van der Waals surface area (Å²) in [6, 6.07) is -1.20. The number of aliphatic hydroxyl groups is 1. The molecule has 0 aromatic heterocycles. The van der Waals surface area contributed by atoms with Crippen LogP contribution in [0.4, 0.5) is 0 Å². The van der Waals surface area contributed by atoms with Crippen LogP contribution < -0.4 is 5.32 Å². The van der Waals surface area contributed by atoms with Crippen LogP contribution in [0, 0.1) is 0 Å². The fourth-order valence-corrected chi connectivity index (χ4v) is 5.88. The number of unbranched alkanes of at least 4 members (excludes halogenated alkanes) is 15. The smallest absolute Gasteiger partial charge is 0.388 e. The second kappa shape index (κ2) is 23.5. The van der Waals surface area contributed by atoms with Crippen molar-refractivity contribution in [3.63, 3.8) is 0 Å². The Morgan fingerprint density at radius 3 is 1.79 bits per heavy atom. The number of carbonyl (C=O) groups is 2. The molecule has 0 aliphatic carbocycles. The molecular formula is C31H60NO9P. The minimum atomic E-state index is -4.99. The highest BCUT2D eigenvalue weighted by Gasteiger charge is 2.48. The molecule has 1 heterocycles. The van der Waals surface area contributed by atoms with Crippen molar-refractivity contribution in [2.24, 2.45) is 0 Å². The van der Waals surface area contributed by atoms with Gasteiger partial charge in [-0.15, -0.1) is 0 Å². The van der Waals surface area contributed by atoms with Crippen LogP contribution in [0.5, 0.6) is 0 Å². The number of aliphatic hydroxyl groups excluding tert-OH is 1. The Morgan fingerprint density at radius 1 is 0.786 bits per heavy atom. The van der Waals surface area contributed by atoms with Crippen LogP contribution in [0.15, 0.2) is 0 Å². The average Bonchev–Trinajstić information content (AvgIpc) is 2.93. The van der Waals surface area contributed by atoms with Gasteiger partial charge in [-0.05, 0) is 19.3 Å². The Hall–Kier alpha value is -0.870. The number of amides is 1. The molecule has 0 spiro atoms. The zero-order chi connectivity index (χ0) is 31.2. The Balaban J connectivity index is 2.64. The highest BCUT2D eigenvalue weighted by molar-refractivity contribution is 7.46. The van der Waals surface area contributed by atoms with Gasteiger partial charge in [0.25, 0.3) is 0 Å². The molecule has 0 aromatic rings. The molecule has 42 heavy (non-hydrogen) atoms. The minimum absolute atomic E-state index is 0.206. The first-order chi connectivity index (χ1) is 20.1. The van der Waals surface area contributed by atoms with Crippen molar-refractivity contribution in [3.05, 3.63) is 0 Å². The lowest BCUT2D eigenvalue weighted by Gasteiger charge is -2.44. The van der Waals surface area contributed by atoms with E-state index in [0.717, 1.165) is 51.4 Å². The third-order valence-electron chi connectivity index (χ3n) is 7.87. The van der Waals surface area contributed by atoms with Crippen molar-refractivity contribution in [1.82, 2.24) is 5.32 Å². The molecule has 0 saturated carbocycles. The van der Waals surface area contributed by atoms with E-state index in [1.165, 1.54) is 57.8 Å². The predicted octanol–water partition coefficient (Wildman–Crippen LogP) is 6.48. The van der Waals surface area contributed by atoms with E-state index in [1.54, 1.807) is 6.92 Å². The quantitative estimate of drug-likeness (QED) is 0.0483. The Morgan fingerprint density at radius 2 is 1.29 bits per heavy atom. The molecule has 248 valence electrons. The molecule has 0 aromatic carbocycles. The van der Waals surface area contributed by atoms with Gasteiger partial charge in [0, 0.05) is 13.0 Å². The molecule has 0 bridgehead atoms. The van der Waals surface area contributed by atoms with E-state index in [1.807, 2.05) is 0 Å². The second-order valence-corrected chi connectivity index (χ2v) is 12.9. The normalized spacial score (nSPS) is 22.8. The van der Waals surface area contributed by atoms with Crippen molar-refractivity contribution >= 4 is 19.5 Å². The topological polar surface area (TPSA) is 152 Å². The summed E-state index contributed by atoms with van der Waals surface area (Å²) >= 11 is 0. The number of ketones is 1. The molecule has 0 radical (unpaired) electrons. The third kappa shape index (κ3) is 18.1. The summed E-state index contributed by atoms with van der Waals surface area (Å²) < 4.78 is 28.2. The first-order valence-corrected chi connectivity index (χ1v) is 18.2. The van der Waals surface area contributed by atoms with Crippen molar-refractivity contribution < 1.29 is 43.0 Å². The molecule has 1 fully saturated rings. The minimum Gasteiger partial charge on any atom is -0.388 e. The number of Topliss-reactive ketones (excluding diaryl/α,β-unsaturated/α-hetero) is 1. The number of carbonyl (C=O) groups excluding carboxylic acids is 2. The lowest BCUT2D eigenvalue weighted by atomic mass is 9.94. The second-order valence-electron chi connectivity index (χ2n) is 11.7. The van der Waals surface area contributed by atoms with Gasteiger partial charge in [-0.25, -0.2) is 4.57 Å². The van der Waals surface area contributed by atoms with Crippen molar-refractivity contribution in [3.8, 4) is 0 Å². The number of rotatable bonds is 26. The molecule has 1 amide bonds. The Bertz CT molecular complexity index is 763. The number of nitrogens with one attached hydrogen (secondary N) is 1. The Kier molecular flexibility index (Phi) is 21.9. The summed E-state index contributed by atoms with van der Waals surface area (Å²) in [5, 5.41) is 13.6. The van der Waals surface area contributed by atoms with Crippen molar-refractivity contribution in [2.75, 3.05) is 6.61 Å². The van der Waals surface area contributed by atoms with Crippen LogP contribution in [-0.4, -0.2) is 63.8 Å². The fourth-order valence-electron chi connectivity index (χ4n) is 5.42. The lowest BCUT2D eigenvalue weighted by molar-refractivity contribution is -0.250. The number of hydrogen-bond donors (Lipinski definition) is 4. The summed E-state index contributed by atoms with van der Waals surface area (Å²) in [4.78, 5) is 44.3. The molecule has 5 atom stereocenters. The summed E-state index contributed by atoms with van der Waals surface area (Å²) in [5.41, 5.74) is 0. The van der Waals surface area contributed by atoms with E-state index in [0.29, 0.717) is 19.4 Å². The van der Waals surface area contributed by atoms with Gasteiger partial charge in [-0.1, -0.05) is 117 Å². The van der Waals surface area contributed by atoms with Gasteiger partial charge in [0.15, 0.2) is 6.29 Å². The van der Waals surface area contributed by atoms with E-state index in [-0.39, 0.29) is 12.2 Å².